The van der Waals surface area contributed by atoms with E-state index in [0.29, 0.717) is 6.54 Å². The zero-order valence-electron chi connectivity index (χ0n) is 8.35. The van der Waals surface area contributed by atoms with E-state index in [1.54, 1.807) is 4.90 Å². The van der Waals surface area contributed by atoms with Gasteiger partial charge in [0.2, 0.25) is 0 Å². The van der Waals surface area contributed by atoms with Gasteiger partial charge in [0.1, 0.15) is 0 Å². The highest BCUT2D eigenvalue weighted by Gasteiger charge is 2.07. The van der Waals surface area contributed by atoms with E-state index in [2.05, 4.69) is 7.05 Å². The summed E-state index contributed by atoms with van der Waals surface area (Å²) < 4.78 is 0. The highest BCUT2D eigenvalue weighted by atomic mass is 16.3. The topological polar surface area (TPSA) is 43.7 Å². The largest absolute Gasteiger partial charge is 0.392 e. The number of benzene rings is 1. The summed E-state index contributed by atoms with van der Waals surface area (Å²) in [5, 5.41) is 18.5. The predicted molar refractivity (Wildman–Crippen MR) is 55.3 cm³/mol. The number of aliphatic hydroxyl groups excluding tert-OH is 2. The van der Waals surface area contributed by atoms with Gasteiger partial charge in [-0.1, -0.05) is 24.3 Å². The number of hydrogen-bond donors (Lipinski definition) is 2. The van der Waals surface area contributed by atoms with Crippen molar-refractivity contribution in [2.75, 3.05) is 13.6 Å². The Bertz CT molecular complexity index is 269. The van der Waals surface area contributed by atoms with Crippen molar-refractivity contribution < 1.29 is 10.2 Å². The molecule has 14 heavy (non-hydrogen) atoms. The number of likely N-dealkylation sites (N-methyl/N-ethyl adjacent to an activating group) is 1. The van der Waals surface area contributed by atoms with Gasteiger partial charge in [-0.15, -0.1) is 0 Å². The lowest BCUT2D eigenvalue weighted by Gasteiger charge is -2.16. The lowest BCUT2D eigenvalue weighted by molar-refractivity contribution is 0.144. The first-order valence-corrected chi connectivity index (χ1v) is 4.53. The summed E-state index contributed by atoms with van der Waals surface area (Å²) in [6.07, 6.45) is -0.523. The van der Waals surface area contributed by atoms with Crippen molar-refractivity contribution in [3.05, 3.63) is 42.4 Å². The fourth-order valence-corrected chi connectivity index (χ4v) is 1.25. The molecule has 2 N–H and O–H groups in total. The van der Waals surface area contributed by atoms with Gasteiger partial charge >= 0.3 is 0 Å². The number of nitrogens with zero attached hydrogens (tertiary/aromatic N) is 1. The van der Waals surface area contributed by atoms with Crippen LogP contribution in [0.15, 0.2) is 24.3 Å². The van der Waals surface area contributed by atoms with E-state index in [1.807, 2.05) is 31.3 Å². The monoisotopic (exact) mass is 194 g/mol. The van der Waals surface area contributed by atoms with Crippen molar-refractivity contribution in [1.29, 1.82) is 0 Å². The van der Waals surface area contributed by atoms with Crippen LogP contribution in [0.4, 0.5) is 0 Å². The van der Waals surface area contributed by atoms with E-state index in [0.717, 1.165) is 11.1 Å². The number of hydrogen-bond acceptors (Lipinski definition) is 3. The quantitative estimate of drug-likeness (QED) is 0.749. The van der Waals surface area contributed by atoms with Crippen LogP contribution in [0.25, 0.3) is 0 Å². The molecule has 0 aliphatic carbocycles. The van der Waals surface area contributed by atoms with Crippen LogP contribution in [0.1, 0.15) is 17.2 Å². The van der Waals surface area contributed by atoms with E-state index in [1.165, 1.54) is 0 Å². The Morgan fingerprint density at radius 1 is 1.36 bits per heavy atom. The standard InChI is InChI=1S/C11H16NO2/c1-12(2)7-11(14)10-5-3-9(8-13)4-6-10/h3-6,11,13-14H,1,7-8H2,2H3. The summed E-state index contributed by atoms with van der Waals surface area (Å²) in [4.78, 5) is 1.69. The molecule has 0 aliphatic rings. The zero-order chi connectivity index (χ0) is 10.6. The van der Waals surface area contributed by atoms with Crippen molar-refractivity contribution in [2.24, 2.45) is 0 Å². The highest BCUT2D eigenvalue weighted by Crippen LogP contribution is 2.14. The van der Waals surface area contributed by atoms with Crippen LogP contribution < -0.4 is 0 Å². The van der Waals surface area contributed by atoms with Gasteiger partial charge < -0.3 is 15.1 Å². The van der Waals surface area contributed by atoms with E-state index >= 15 is 0 Å². The molecule has 1 aromatic carbocycles. The van der Waals surface area contributed by atoms with Crippen molar-refractivity contribution in [1.82, 2.24) is 4.90 Å². The summed E-state index contributed by atoms with van der Waals surface area (Å²) >= 11 is 0. The molecule has 0 saturated carbocycles. The molecule has 0 spiro atoms. The van der Waals surface area contributed by atoms with Crippen molar-refractivity contribution in [3.8, 4) is 0 Å². The average Bonchev–Trinajstić information content (AvgIpc) is 2.17. The van der Waals surface area contributed by atoms with E-state index in [4.69, 9.17) is 5.11 Å². The first-order chi connectivity index (χ1) is 6.63. The van der Waals surface area contributed by atoms with Crippen molar-refractivity contribution in [2.45, 2.75) is 12.7 Å². The summed E-state index contributed by atoms with van der Waals surface area (Å²) in [5.41, 5.74) is 1.70. The Labute approximate surface area is 84.6 Å². The van der Waals surface area contributed by atoms with Gasteiger partial charge in [-0.05, 0) is 18.2 Å². The van der Waals surface area contributed by atoms with E-state index < -0.39 is 6.10 Å². The smallest absolute Gasteiger partial charge is 0.0916 e. The van der Waals surface area contributed by atoms with E-state index in [-0.39, 0.29) is 6.61 Å². The Kier molecular flexibility index (Phi) is 4.07. The van der Waals surface area contributed by atoms with Gasteiger partial charge in [0.25, 0.3) is 0 Å². The summed E-state index contributed by atoms with van der Waals surface area (Å²) in [6.45, 7) is 0.532. The van der Waals surface area contributed by atoms with Crippen LogP contribution in [-0.4, -0.2) is 28.7 Å². The van der Waals surface area contributed by atoms with Crippen LogP contribution in [0, 0.1) is 7.05 Å². The second-order valence-corrected chi connectivity index (χ2v) is 3.45. The fraction of sp³-hybridized carbons (Fsp3) is 0.364. The Morgan fingerprint density at radius 3 is 2.36 bits per heavy atom. The fourth-order valence-electron chi connectivity index (χ4n) is 1.25. The third-order valence-corrected chi connectivity index (χ3v) is 2.03. The van der Waals surface area contributed by atoms with Crippen LogP contribution in [-0.2, 0) is 6.61 Å². The first kappa shape index (κ1) is 11.2. The van der Waals surface area contributed by atoms with Crippen LogP contribution in [0.3, 0.4) is 0 Å². The number of rotatable bonds is 4. The summed E-state index contributed by atoms with van der Waals surface area (Å²) in [5.74, 6) is 0. The minimum absolute atomic E-state index is 0.0333. The Balaban J connectivity index is 2.66. The lowest BCUT2D eigenvalue weighted by Crippen LogP contribution is -2.18. The molecule has 77 valence electrons. The minimum Gasteiger partial charge on any atom is -0.392 e. The van der Waals surface area contributed by atoms with Gasteiger partial charge in [-0.25, -0.2) is 0 Å². The highest BCUT2D eigenvalue weighted by molar-refractivity contribution is 5.23. The normalized spacial score (nSPS) is 13.2. The molecule has 0 saturated heterocycles. The molecular formula is C11H16NO2. The molecule has 1 atom stereocenters. The molecule has 1 unspecified atom stereocenters. The molecule has 1 aromatic rings. The molecule has 0 bridgehead atoms. The maximum absolute atomic E-state index is 9.71. The first-order valence-electron chi connectivity index (χ1n) is 4.53. The van der Waals surface area contributed by atoms with Crippen molar-refractivity contribution >= 4 is 0 Å². The maximum Gasteiger partial charge on any atom is 0.0916 e. The second-order valence-electron chi connectivity index (χ2n) is 3.45. The summed E-state index contributed by atoms with van der Waals surface area (Å²) in [6, 6.07) is 7.25. The Morgan fingerprint density at radius 2 is 1.93 bits per heavy atom. The van der Waals surface area contributed by atoms with Gasteiger partial charge in [-0.3, -0.25) is 0 Å². The molecule has 1 radical (unpaired) electrons. The van der Waals surface area contributed by atoms with Crippen LogP contribution >= 0.6 is 0 Å². The molecule has 0 fully saturated rings. The van der Waals surface area contributed by atoms with Gasteiger partial charge in [-0.2, -0.15) is 0 Å². The zero-order valence-corrected chi connectivity index (χ0v) is 8.35. The summed E-state index contributed by atoms with van der Waals surface area (Å²) in [7, 11) is 5.48. The molecule has 1 rings (SSSR count). The molecular weight excluding hydrogens is 178 g/mol. The molecule has 0 amide bonds. The van der Waals surface area contributed by atoms with Gasteiger partial charge in [0.05, 0.1) is 12.7 Å². The van der Waals surface area contributed by atoms with Crippen LogP contribution in [0.2, 0.25) is 0 Å². The Hall–Kier alpha value is -0.900. The van der Waals surface area contributed by atoms with Gasteiger partial charge in [0, 0.05) is 13.6 Å². The molecule has 0 heterocycles. The van der Waals surface area contributed by atoms with Crippen LogP contribution in [0.5, 0.6) is 0 Å². The third kappa shape index (κ3) is 3.10. The molecule has 0 aromatic heterocycles. The SMILES string of the molecule is [CH2]N(C)CC(O)c1ccc(CO)cc1. The minimum atomic E-state index is -0.523. The third-order valence-electron chi connectivity index (χ3n) is 2.03. The molecule has 3 heteroatoms. The van der Waals surface area contributed by atoms with E-state index in [9.17, 15) is 5.11 Å². The maximum atomic E-state index is 9.71. The van der Waals surface area contributed by atoms with Crippen molar-refractivity contribution in [3.63, 3.8) is 0 Å². The van der Waals surface area contributed by atoms with Gasteiger partial charge in [0.15, 0.2) is 0 Å². The lowest BCUT2D eigenvalue weighted by atomic mass is 10.1. The average molecular weight is 194 g/mol. The second kappa shape index (κ2) is 5.10. The molecule has 0 aliphatic heterocycles. The predicted octanol–water partition coefficient (Wildman–Crippen LogP) is 0.936. The molecule has 3 nitrogen and oxygen atoms in total. The number of aliphatic hydroxyl groups is 2.